The van der Waals surface area contributed by atoms with Crippen LogP contribution in [0.1, 0.15) is 39.2 Å². The van der Waals surface area contributed by atoms with E-state index in [0.717, 1.165) is 16.5 Å². The Kier molecular flexibility index (Phi) is 7.68. The Hall–Kier alpha value is -2.63. The lowest BCUT2D eigenvalue weighted by Gasteiger charge is -2.14. The van der Waals surface area contributed by atoms with Crippen molar-refractivity contribution in [2.75, 3.05) is 0 Å². The number of hydrogen-bond donors (Lipinski definition) is 3. The first-order chi connectivity index (χ1) is 11.5. The molecule has 1 amide bonds. The summed E-state index contributed by atoms with van der Waals surface area (Å²) in [6.07, 6.45) is 1.85. The van der Waals surface area contributed by atoms with Crippen LogP contribution < -0.4 is 5.32 Å². The molecule has 0 aliphatic carbocycles. The second-order valence-electron chi connectivity index (χ2n) is 5.20. The highest BCUT2D eigenvalue weighted by molar-refractivity contribution is 5.91. The number of carboxylic acid groups (broad SMARTS) is 1. The lowest BCUT2D eigenvalue weighted by Crippen LogP contribution is -2.40. The van der Waals surface area contributed by atoms with Crippen molar-refractivity contribution >= 4 is 28.6 Å². The van der Waals surface area contributed by atoms with Gasteiger partial charge in [0.25, 0.3) is 0 Å². The third-order valence-corrected chi connectivity index (χ3v) is 3.50. The monoisotopic (exact) mass is 332 g/mol. The largest absolute Gasteiger partial charge is 0.481 e. The minimum Gasteiger partial charge on any atom is -0.481 e. The number of H-pyrrole nitrogens is 1. The molecule has 1 aromatic carbocycles. The maximum atomic E-state index is 12.1. The van der Waals surface area contributed by atoms with Crippen molar-refractivity contribution in [1.29, 1.82) is 0 Å². The number of nitrogens with one attached hydrogen (secondary N) is 2. The molecule has 1 heterocycles. The second kappa shape index (κ2) is 9.50. The van der Waals surface area contributed by atoms with Crippen molar-refractivity contribution in [2.24, 2.45) is 0 Å². The van der Waals surface area contributed by atoms with Crippen molar-refractivity contribution in [1.82, 2.24) is 10.3 Å². The third kappa shape index (κ3) is 5.53. The number of ketones is 1. The average Bonchev–Trinajstić information content (AvgIpc) is 2.96. The van der Waals surface area contributed by atoms with Gasteiger partial charge in [0.2, 0.25) is 5.91 Å². The highest BCUT2D eigenvalue weighted by Crippen LogP contribution is 2.18. The van der Waals surface area contributed by atoms with Crippen molar-refractivity contribution in [3.05, 3.63) is 36.0 Å². The quantitative estimate of drug-likeness (QED) is 0.726. The van der Waals surface area contributed by atoms with Crippen LogP contribution in [0.5, 0.6) is 0 Å². The normalized spacial score (nSPS) is 11.3. The number of aromatic nitrogens is 1. The van der Waals surface area contributed by atoms with Gasteiger partial charge in [-0.05, 0) is 25.0 Å². The first kappa shape index (κ1) is 19.4. The molecule has 1 unspecified atom stereocenters. The van der Waals surface area contributed by atoms with E-state index in [0.29, 0.717) is 0 Å². The summed E-state index contributed by atoms with van der Waals surface area (Å²) >= 11 is 0. The molecule has 3 N–H and O–H groups in total. The molecule has 6 heteroatoms. The van der Waals surface area contributed by atoms with Crippen LogP contribution in [-0.4, -0.2) is 33.8 Å². The van der Waals surface area contributed by atoms with Crippen molar-refractivity contribution in [2.45, 2.75) is 46.1 Å². The van der Waals surface area contributed by atoms with Gasteiger partial charge in [-0.3, -0.25) is 14.4 Å². The van der Waals surface area contributed by atoms with Gasteiger partial charge in [-0.25, -0.2) is 0 Å². The fourth-order valence-electron chi connectivity index (χ4n) is 2.34. The standard InChI is InChI=1S/C16H18N2O4.C2H6/c1-10(19)13(6-7-16(21)22)18-15(20)8-11-9-17-14-5-3-2-4-12(11)14;1-2/h2-5,9,13,17H,6-8H2,1H3,(H,18,20)(H,21,22);1-2H3. The maximum absolute atomic E-state index is 12.1. The highest BCUT2D eigenvalue weighted by atomic mass is 16.4. The van der Waals surface area contributed by atoms with Gasteiger partial charge >= 0.3 is 5.97 Å². The molecular formula is C18H24N2O4. The molecule has 2 rings (SSSR count). The van der Waals surface area contributed by atoms with Gasteiger partial charge < -0.3 is 15.4 Å². The minimum atomic E-state index is -0.989. The minimum absolute atomic E-state index is 0.101. The SMILES string of the molecule is CC.CC(=O)C(CCC(=O)O)NC(=O)Cc1c[nH]c2ccccc12. The predicted molar refractivity (Wildman–Crippen MR) is 92.8 cm³/mol. The zero-order valence-electron chi connectivity index (χ0n) is 14.3. The Balaban J connectivity index is 0.00000139. The number of para-hydroxylation sites is 1. The number of Topliss-reactive ketones (excluding diaryl/α,β-unsaturated/α-hetero) is 1. The molecule has 1 atom stereocenters. The zero-order valence-corrected chi connectivity index (χ0v) is 14.3. The smallest absolute Gasteiger partial charge is 0.303 e. The fraction of sp³-hybridized carbons (Fsp3) is 0.389. The summed E-state index contributed by atoms with van der Waals surface area (Å²) in [5.41, 5.74) is 1.79. The molecule has 130 valence electrons. The van der Waals surface area contributed by atoms with Crippen LogP contribution in [0.3, 0.4) is 0 Å². The molecule has 0 bridgehead atoms. The van der Waals surface area contributed by atoms with Gasteiger partial charge in [-0.1, -0.05) is 32.0 Å². The van der Waals surface area contributed by atoms with Gasteiger partial charge in [0.05, 0.1) is 12.5 Å². The summed E-state index contributed by atoms with van der Waals surface area (Å²) in [4.78, 5) is 37.3. The van der Waals surface area contributed by atoms with E-state index >= 15 is 0 Å². The molecule has 0 radical (unpaired) electrons. The molecule has 0 spiro atoms. The third-order valence-electron chi connectivity index (χ3n) is 3.50. The molecule has 1 aromatic heterocycles. The number of carbonyl (C=O) groups excluding carboxylic acids is 2. The molecule has 0 saturated heterocycles. The Bertz CT molecular complexity index is 706. The van der Waals surface area contributed by atoms with Crippen LogP contribution in [0, 0.1) is 0 Å². The lowest BCUT2D eigenvalue weighted by molar-refractivity contribution is -0.137. The number of aromatic amines is 1. The van der Waals surface area contributed by atoms with E-state index in [1.165, 1.54) is 6.92 Å². The summed E-state index contributed by atoms with van der Waals surface area (Å²) in [7, 11) is 0. The Labute approximate surface area is 141 Å². The van der Waals surface area contributed by atoms with E-state index in [2.05, 4.69) is 10.3 Å². The molecule has 0 fully saturated rings. The van der Waals surface area contributed by atoms with Crippen LogP contribution in [0.25, 0.3) is 10.9 Å². The summed E-state index contributed by atoms with van der Waals surface area (Å²) in [6.45, 7) is 5.35. The molecule has 0 aliphatic rings. The molecule has 2 aromatic rings. The van der Waals surface area contributed by atoms with E-state index in [4.69, 9.17) is 5.11 Å². The van der Waals surface area contributed by atoms with E-state index in [9.17, 15) is 14.4 Å². The number of rotatable bonds is 7. The zero-order chi connectivity index (χ0) is 18.1. The van der Waals surface area contributed by atoms with Crippen LogP contribution >= 0.6 is 0 Å². The van der Waals surface area contributed by atoms with E-state index < -0.39 is 12.0 Å². The predicted octanol–water partition coefficient (Wildman–Crippen LogP) is 2.68. The van der Waals surface area contributed by atoms with Crippen molar-refractivity contribution in [3.8, 4) is 0 Å². The Morgan fingerprint density at radius 1 is 1.21 bits per heavy atom. The molecule has 6 nitrogen and oxygen atoms in total. The van der Waals surface area contributed by atoms with Crippen molar-refractivity contribution in [3.63, 3.8) is 0 Å². The summed E-state index contributed by atoms with van der Waals surface area (Å²) in [6, 6.07) is 6.88. The fourth-order valence-corrected chi connectivity index (χ4v) is 2.34. The molecular weight excluding hydrogens is 308 g/mol. The molecule has 0 aliphatic heterocycles. The van der Waals surface area contributed by atoms with Gasteiger partial charge in [-0.2, -0.15) is 0 Å². The number of carboxylic acids is 1. The molecule has 24 heavy (non-hydrogen) atoms. The van der Waals surface area contributed by atoms with Gasteiger partial charge in [-0.15, -0.1) is 0 Å². The summed E-state index contributed by atoms with van der Waals surface area (Å²) in [5.74, 6) is -1.53. The van der Waals surface area contributed by atoms with E-state index in [1.807, 2.05) is 38.1 Å². The first-order valence-electron chi connectivity index (χ1n) is 8.04. The number of benzene rings is 1. The van der Waals surface area contributed by atoms with Crippen LogP contribution in [-0.2, 0) is 20.8 Å². The number of fused-ring (bicyclic) bond motifs is 1. The maximum Gasteiger partial charge on any atom is 0.303 e. The van der Waals surface area contributed by atoms with Crippen LogP contribution in [0.2, 0.25) is 0 Å². The van der Waals surface area contributed by atoms with E-state index in [1.54, 1.807) is 6.20 Å². The Morgan fingerprint density at radius 2 is 1.88 bits per heavy atom. The van der Waals surface area contributed by atoms with Gasteiger partial charge in [0, 0.05) is 23.5 Å². The molecule has 0 saturated carbocycles. The lowest BCUT2D eigenvalue weighted by atomic mass is 10.1. The number of aliphatic carboxylic acids is 1. The number of hydrogen-bond acceptors (Lipinski definition) is 3. The number of amides is 1. The van der Waals surface area contributed by atoms with Crippen LogP contribution in [0.15, 0.2) is 30.5 Å². The van der Waals surface area contributed by atoms with Gasteiger partial charge in [0.15, 0.2) is 5.78 Å². The summed E-state index contributed by atoms with van der Waals surface area (Å²) in [5, 5.41) is 12.2. The van der Waals surface area contributed by atoms with E-state index in [-0.39, 0.29) is 31.0 Å². The first-order valence-corrected chi connectivity index (χ1v) is 8.04. The number of carbonyl (C=O) groups is 3. The van der Waals surface area contributed by atoms with Crippen molar-refractivity contribution < 1.29 is 19.5 Å². The Morgan fingerprint density at radius 3 is 2.50 bits per heavy atom. The second-order valence-corrected chi connectivity index (χ2v) is 5.20. The van der Waals surface area contributed by atoms with Gasteiger partial charge in [0.1, 0.15) is 0 Å². The summed E-state index contributed by atoms with van der Waals surface area (Å²) < 4.78 is 0. The van der Waals surface area contributed by atoms with Crippen LogP contribution in [0.4, 0.5) is 0 Å². The average molecular weight is 332 g/mol. The highest BCUT2D eigenvalue weighted by Gasteiger charge is 2.19. The topological polar surface area (TPSA) is 99.3 Å².